The number of carboxylic acid groups (broad SMARTS) is 1. The van der Waals surface area contributed by atoms with Crippen LogP contribution in [-0.4, -0.2) is 54.1 Å². The van der Waals surface area contributed by atoms with Gasteiger partial charge in [0.1, 0.15) is 35.1 Å². The predicted molar refractivity (Wildman–Crippen MR) is 105 cm³/mol. The molecule has 0 bridgehead atoms. The Morgan fingerprint density at radius 2 is 1.79 bits per heavy atom. The van der Waals surface area contributed by atoms with Crippen LogP contribution in [0.3, 0.4) is 0 Å². The second-order valence-electron chi connectivity index (χ2n) is 6.13. The number of carboxylic acids is 1. The number of anilines is 1. The zero-order valence-corrected chi connectivity index (χ0v) is 15.7. The number of hydrogen-bond donors (Lipinski definition) is 4. The van der Waals surface area contributed by atoms with Gasteiger partial charge in [-0.1, -0.05) is 6.07 Å². The highest BCUT2D eigenvalue weighted by Gasteiger charge is 2.20. The maximum absolute atomic E-state index is 12.0. The lowest BCUT2D eigenvalue weighted by Crippen LogP contribution is -2.31. The van der Waals surface area contributed by atoms with Crippen molar-refractivity contribution in [1.29, 1.82) is 0 Å². The monoisotopic (exact) mass is 400 g/mol. The summed E-state index contributed by atoms with van der Waals surface area (Å²) >= 11 is 0. The number of benzene rings is 2. The summed E-state index contributed by atoms with van der Waals surface area (Å²) in [6.07, 6.45) is 0.156. The lowest BCUT2D eigenvalue weighted by Gasteiger charge is -2.19. The van der Waals surface area contributed by atoms with Crippen molar-refractivity contribution < 1.29 is 34.4 Å². The molecule has 2 aromatic rings. The van der Waals surface area contributed by atoms with E-state index in [0.29, 0.717) is 17.2 Å². The Hall–Kier alpha value is -4.01. The molecule has 0 spiro atoms. The van der Waals surface area contributed by atoms with Gasteiger partial charge >= 0.3 is 5.97 Å². The van der Waals surface area contributed by atoms with E-state index < -0.39 is 29.8 Å². The first kappa shape index (κ1) is 21.3. The Morgan fingerprint density at radius 1 is 1.10 bits per heavy atom. The number of hydrogen-bond acceptors (Lipinski definition) is 7. The second kappa shape index (κ2) is 9.27. The van der Waals surface area contributed by atoms with E-state index in [1.165, 1.54) is 24.3 Å². The molecule has 0 saturated carbocycles. The number of aromatic hydroxyl groups is 1. The Bertz CT molecular complexity index is 967. The lowest BCUT2D eigenvalue weighted by molar-refractivity contribution is -0.137. The fourth-order valence-corrected chi connectivity index (χ4v) is 2.44. The summed E-state index contributed by atoms with van der Waals surface area (Å²) in [7, 11) is 3.38. The van der Waals surface area contributed by atoms with E-state index >= 15 is 0 Å². The third-order valence-corrected chi connectivity index (χ3v) is 3.78. The highest BCUT2D eigenvalue weighted by Crippen LogP contribution is 2.33. The van der Waals surface area contributed by atoms with Crippen LogP contribution in [0.1, 0.15) is 5.56 Å². The number of rotatable bonds is 8. The van der Waals surface area contributed by atoms with Gasteiger partial charge < -0.3 is 30.3 Å². The van der Waals surface area contributed by atoms with E-state index in [4.69, 9.17) is 9.84 Å². The third-order valence-electron chi connectivity index (χ3n) is 3.78. The Kier molecular flexibility index (Phi) is 6.80. The first-order valence-electron chi connectivity index (χ1n) is 8.40. The highest BCUT2D eigenvalue weighted by molar-refractivity contribution is 6.16. The second-order valence-corrected chi connectivity index (χ2v) is 6.13. The lowest BCUT2D eigenvalue weighted by atomic mass is 10.1. The molecule has 29 heavy (non-hydrogen) atoms. The summed E-state index contributed by atoms with van der Waals surface area (Å²) in [4.78, 5) is 35.6. The normalized spacial score (nSPS) is 11.2. The van der Waals surface area contributed by atoms with Gasteiger partial charge in [0, 0.05) is 31.8 Å². The first-order chi connectivity index (χ1) is 13.7. The minimum absolute atomic E-state index is 0.0375. The SMILES string of the molecule is CN(C)c1cc(Oc2cccc(O)c2)ccc1/C(O)=C(\C=O)C(=O)NCC(=O)O. The van der Waals surface area contributed by atoms with Gasteiger partial charge in [0.25, 0.3) is 5.91 Å². The molecule has 2 aromatic carbocycles. The number of phenolic OH excluding ortho intramolecular Hbond substituents is 1. The molecule has 0 atom stereocenters. The van der Waals surface area contributed by atoms with Gasteiger partial charge in [-0.05, 0) is 24.3 Å². The zero-order chi connectivity index (χ0) is 21.6. The zero-order valence-electron chi connectivity index (χ0n) is 15.7. The van der Waals surface area contributed by atoms with Gasteiger partial charge in [-0.15, -0.1) is 0 Å². The van der Waals surface area contributed by atoms with Crippen molar-refractivity contribution >= 4 is 29.6 Å². The quantitative estimate of drug-likeness (QED) is 0.173. The van der Waals surface area contributed by atoms with Crippen LogP contribution in [0.5, 0.6) is 17.2 Å². The van der Waals surface area contributed by atoms with Crippen LogP contribution in [0.25, 0.3) is 5.76 Å². The Labute approximate surface area is 166 Å². The van der Waals surface area contributed by atoms with E-state index in [0.717, 1.165) is 0 Å². The largest absolute Gasteiger partial charge is 0.508 e. The molecular formula is C20H20N2O7. The van der Waals surface area contributed by atoms with Crippen molar-refractivity contribution in [3.8, 4) is 17.2 Å². The number of amides is 1. The van der Waals surface area contributed by atoms with E-state index in [1.807, 2.05) is 5.32 Å². The molecule has 0 aromatic heterocycles. The number of aliphatic hydroxyl groups is 1. The molecule has 9 nitrogen and oxygen atoms in total. The number of nitrogens with zero attached hydrogens (tertiary/aromatic N) is 1. The molecule has 2 rings (SSSR count). The van der Waals surface area contributed by atoms with E-state index in [-0.39, 0.29) is 17.6 Å². The standard InChI is InChI=1S/C20H20N2O7/c1-22(2)17-9-14(29-13-5-3-4-12(24)8-13)6-7-15(17)19(27)16(11-23)20(28)21-10-18(25)26/h3-9,11,24,27H,10H2,1-2H3,(H,21,28)(H,25,26)/b19-16-. The number of carbonyl (C=O) groups is 3. The number of aliphatic hydroxyl groups excluding tert-OH is 1. The van der Waals surface area contributed by atoms with Crippen molar-refractivity contribution in [2.45, 2.75) is 0 Å². The number of nitrogens with one attached hydrogen (secondary N) is 1. The predicted octanol–water partition coefficient (Wildman–Crippen LogP) is 1.92. The van der Waals surface area contributed by atoms with Gasteiger partial charge in [-0.2, -0.15) is 0 Å². The fourth-order valence-electron chi connectivity index (χ4n) is 2.44. The van der Waals surface area contributed by atoms with Gasteiger partial charge in [0.05, 0.1) is 5.69 Å². The molecule has 4 N–H and O–H groups in total. The highest BCUT2D eigenvalue weighted by atomic mass is 16.5. The van der Waals surface area contributed by atoms with Crippen LogP contribution < -0.4 is 15.0 Å². The number of ether oxygens (including phenoxy) is 1. The maximum atomic E-state index is 12.0. The van der Waals surface area contributed by atoms with Crippen LogP contribution in [0.2, 0.25) is 0 Å². The summed E-state index contributed by atoms with van der Waals surface area (Å²) in [6, 6.07) is 10.7. The molecule has 0 aliphatic rings. The summed E-state index contributed by atoms with van der Waals surface area (Å²) in [5.74, 6) is -2.08. The molecule has 9 heteroatoms. The number of aldehydes is 1. The first-order valence-corrected chi connectivity index (χ1v) is 8.40. The van der Waals surface area contributed by atoms with Crippen LogP contribution in [0.15, 0.2) is 48.0 Å². The minimum atomic E-state index is -1.29. The van der Waals surface area contributed by atoms with Gasteiger partial charge in [-0.3, -0.25) is 14.4 Å². The summed E-state index contributed by atoms with van der Waals surface area (Å²) in [5, 5.41) is 30.7. The molecule has 0 aliphatic heterocycles. The molecule has 0 saturated heterocycles. The van der Waals surface area contributed by atoms with Crippen molar-refractivity contribution in [2.24, 2.45) is 0 Å². The van der Waals surface area contributed by atoms with Crippen molar-refractivity contribution in [2.75, 3.05) is 25.5 Å². The fraction of sp³-hybridized carbons (Fsp3) is 0.150. The molecule has 152 valence electrons. The molecule has 0 heterocycles. The van der Waals surface area contributed by atoms with Crippen LogP contribution in [0, 0.1) is 0 Å². The van der Waals surface area contributed by atoms with E-state index in [2.05, 4.69) is 0 Å². The molecule has 0 radical (unpaired) electrons. The molecule has 0 unspecified atom stereocenters. The number of phenols is 1. The van der Waals surface area contributed by atoms with Gasteiger partial charge in [0.2, 0.25) is 0 Å². The number of carbonyl (C=O) groups excluding carboxylic acids is 2. The molecule has 0 aliphatic carbocycles. The van der Waals surface area contributed by atoms with Crippen molar-refractivity contribution in [3.05, 3.63) is 53.6 Å². The number of aliphatic carboxylic acids is 1. The summed E-state index contributed by atoms with van der Waals surface area (Å²) in [5.41, 5.74) is 0.00683. The van der Waals surface area contributed by atoms with E-state index in [1.54, 1.807) is 37.2 Å². The summed E-state index contributed by atoms with van der Waals surface area (Å²) in [6.45, 7) is -0.694. The average molecular weight is 400 g/mol. The topological polar surface area (TPSA) is 136 Å². The van der Waals surface area contributed by atoms with Crippen molar-refractivity contribution in [1.82, 2.24) is 5.32 Å². The molecule has 0 fully saturated rings. The maximum Gasteiger partial charge on any atom is 0.322 e. The minimum Gasteiger partial charge on any atom is -0.508 e. The average Bonchev–Trinajstić information content (AvgIpc) is 2.66. The van der Waals surface area contributed by atoms with Crippen molar-refractivity contribution in [3.63, 3.8) is 0 Å². The van der Waals surface area contributed by atoms with Crippen LogP contribution in [-0.2, 0) is 14.4 Å². The van der Waals surface area contributed by atoms with Crippen LogP contribution in [0.4, 0.5) is 5.69 Å². The summed E-state index contributed by atoms with van der Waals surface area (Å²) < 4.78 is 5.69. The Balaban J connectivity index is 2.41. The molecular weight excluding hydrogens is 380 g/mol. The van der Waals surface area contributed by atoms with E-state index in [9.17, 15) is 24.6 Å². The third kappa shape index (κ3) is 5.48. The smallest absolute Gasteiger partial charge is 0.322 e. The van der Waals surface area contributed by atoms with Gasteiger partial charge in [0.15, 0.2) is 6.29 Å². The van der Waals surface area contributed by atoms with Gasteiger partial charge in [-0.25, -0.2) is 0 Å². The Morgan fingerprint density at radius 3 is 2.38 bits per heavy atom. The van der Waals surface area contributed by atoms with Crippen LogP contribution >= 0.6 is 0 Å². The molecule has 1 amide bonds.